The lowest BCUT2D eigenvalue weighted by atomic mass is 9.91. The van der Waals surface area contributed by atoms with Gasteiger partial charge in [-0.15, -0.1) is 0 Å². The van der Waals surface area contributed by atoms with Crippen LogP contribution in [0.15, 0.2) is 24.4 Å². The summed E-state index contributed by atoms with van der Waals surface area (Å²) in [5.74, 6) is 0.400. The van der Waals surface area contributed by atoms with Crippen LogP contribution in [0.4, 0.5) is 0 Å². The molecule has 2 aliphatic rings. The topological polar surface area (TPSA) is 91.3 Å². The number of nitrogens with zero attached hydrogens (tertiary/aromatic N) is 3. The largest absolute Gasteiger partial charge is 0.493 e. The van der Waals surface area contributed by atoms with E-state index in [0.29, 0.717) is 0 Å². The second-order valence-electron chi connectivity index (χ2n) is 6.59. The van der Waals surface area contributed by atoms with Crippen LogP contribution in [0, 0.1) is 5.92 Å². The molecule has 2 aliphatic heterocycles. The number of aromatic nitrogens is 3. The van der Waals surface area contributed by atoms with E-state index in [0.717, 1.165) is 44.1 Å². The Hall–Kier alpha value is -2.41. The number of hydrogen-bond donors (Lipinski definition) is 2. The molecule has 3 heterocycles. The molecule has 7 nitrogen and oxygen atoms in total. The first-order valence-corrected chi connectivity index (χ1v) is 8.23. The molecule has 126 valence electrons. The number of aliphatic carboxylic acids is 1. The minimum absolute atomic E-state index is 0.0605. The van der Waals surface area contributed by atoms with E-state index in [1.165, 1.54) is 11.1 Å². The molecule has 24 heavy (non-hydrogen) atoms. The normalized spacial score (nSPS) is 23.2. The van der Waals surface area contributed by atoms with Crippen LogP contribution in [0.25, 0.3) is 0 Å². The molecule has 2 atom stereocenters. The Balaban J connectivity index is 1.49. The number of carboxylic acid groups (broad SMARTS) is 1. The summed E-state index contributed by atoms with van der Waals surface area (Å²) in [5.41, 5.74) is 3.36. The molecular formula is C17H20N4O3. The molecule has 4 rings (SSSR count). The first kappa shape index (κ1) is 15.1. The zero-order valence-electron chi connectivity index (χ0n) is 13.3. The number of ether oxygens (including phenoxy) is 1. The van der Waals surface area contributed by atoms with E-state index in [9.17, 15) is 9.90 Å². The Morgan fingerprint density at radius 3 is 3.12 bits per heavy atom. The summed E-state index contributed by atoms with van der Waals surface area (Å²) in [5, 5.41) is 19.9. The summed E-state index contributed by atoms with van der Waals surface area (Å²) in [6.45, 7) is 3.14. The van der Waals surface area contributed by atoms with Crippen LogP contribution in [-0.2, 0) is 17.8 Å². The third-order valence-electron chi connectivity index (χ3n) is 4.93. The molecule has 0 amide bonds. The van der Waals surface area contributed by atoms with Gasteiger partial charge < -0.3 is 9.84 Å². The maximum atomic E-state index is 11.2. The Labute approximate surface area is 139 Å². The molecule has 2 N–H and O–H groups in total. The van der Waals surface area contributed by atoms with Crippen molar-refractivity contribution < 1.29 is 14.6 Å². The van der Waals surface area contributed by atoms with Gasteiger partial charge in [0.05, 0.1) is 24.9 Å². The highest BCUT2D eigenvalue weighted by molar-refractivity contribution is 5.67. The minimum atomic E-state index is -0.759. The number of rotatable bonds is 5. The molecular weight excluding hydrogens is 308 g/mol. The fourth-order valence-electron chi connectivity index (χ4n) is 3.84. The molecule has 0 radical (unpaired) electrons. The fraction of sp³-hybridized carbons (Fsp3) is 0.471. The summed E-state index contributed by atoms with van der Waals surface area (Å²) < 4.78 is 5.55. The highest BCUT2D eigenvalue weighted by Gasteiger charge is 2.36. The number of carbonyl (C=O) groups is 1. The van der Waals surface area contributed by atoms with Crippen LogP contribution >= 0.6 is 0 Å². The monoisotopic (exact) mass is 328 g/mol. The van der Waals surface area contributed by atoms with Crippen molar-refractivity contribution in [1.82, 2.24) is 20.3 Å². The lowest BCUT2D eigenvalue weighted by molar-refractivity contribution is -0.138. The Kier molecular flexibility index (Phi) is 3.93. The number of carboxylic acids is 1. The van der Waals surface area contributed by atoms with Crippen LogP contribution in [0.2, 0.25) is 0 Å². The van der Waals surface area contributed by atoms with Gasteiger partial charge >= 0.3 is 5.97 Å². The molecule has 1 aromatic heterocycles. The number of aromatic amines is 1. The van der Waals surface area contributed by atoms with Gasteiger partial charge in [-0.25, -0.2) is 0 Å². The molecule has 1 aromatic carbocycles. The van der Waals surface area contributed by atoms with E-state index in [4.69, 9.17) is 4.74 Å². The van der Waals surface area contributed by atoms with Gasteiger partial charge in [-0.2, -0.15) is 15.4 Å². The zero-order chi connectivity index (χ0) is 16.5. The zero-order valence-corrected chi connectivity index (χ0v) is 13.3. The van der Waals surface area contributed by atoms with Crippen molar-refractivity contribution in [2.45, 2.75) is 25.3 Å². The number of benzene rings is 1. The van der Waals surface area contributed by atoms with E-state index in [1.54, 1.807) is 6.20 Å². The molecule has 7 heteroatoms. The van der Waals surface area contributed by atoms with Gasteiger partial charge in [0.1, 0.15) is 5.75 Å². The highest BCUT2D eigenvalue weighted by atomic mass is 16.5. The van der Waals surface area contributed by atoms with Crippen LogP contribution in [0.1, 0.15) is 29.2 Å². The molecule has 0 spiro atoms. The fourth-order valence-corrected chi connectivity index (χ4v) is 3.84. The van der Waals surface area contributed by atoms with Gasteiger partial charge in [0.15, 0.2) is 0 Å². The van der Waals surface area contributed by atoms with Gasteiger partial charge in [0.25, 0.3) is 0 Å². The first-order chi connectivity index (χ1) is 11.7. The number of fused-ring (bicyclic) bond motifs is 1. The molecule has 1 saturated heterocycles. The maximum absolute atomic E-state index is 11.2. The van der Waals surface area contributed by atoms with Gasteiger partial charge in [-0.3, -0.25) is 9.69 Å². The Bertz CT molecular complexity index is 731. The quantitative estimate of drug-likeness (QED) is 0.863. The lowest BCUT2D eigenvalue weighted by Crippen LogP contribution is -2.20. The van der Waals surface area contributed by atoms with Gasteiger partial charge in [-0.1, -0.05) is 12.1 Å². The van der Waals surface area contributed by atoms with Crippen molar-refractivity contribution in [1.29, 1.82) is 0 Å². The average molecular weight is 328 g/mol. The average Bonchev–Trinajstić information content (AvgIpc) is 3.26. The van der Waals surface area contributed by atoms with E-state index in [-0.39, 0.29) is 18.3 Å². The number of hydrogen-bond acceptors (Lipinski definition) is 5. The minimum Gasteiger partial charge on any atom is -0.493 e. The smallest absolute Gasteiger partial charge is 0.303 e. The van der Waals surface area contributed by atoms with Crippen molar-refractivity contribution in [2.75, 3.05) is 19.7 Å². The lowest BCUT2D eigenvalue weighted by Gasteiger charge is -2.16. The summed E-state index contributed by atoms with van der Waals surface area (Å²) in [7, 11) is 0. The SMILES string of the molecule is O=C(O)CC1CN(Cc2ccc3c(c2)CCO3)CC1c1cn[nH]n1. The first-order valence-electron chi connectivity index (χ1n) is 8.23. The predicted octanol–water partition coefficient (Wildman–Crippen LogP) is 1.43. The third-order valence-corrected chi connectivity index (χ3v) is 4.93. The van der Waals surface area contributed by atoms with E-state index in [1.807, 2.05) is 6.07 Å². The van der Waals surface area contributed by atoms with Crippen molar-refractivity contribution >= 4 is 5.97 Å². The summed E-state index contributed by atoms with van der Waals surface area (Å²) in [4.78, 5) is 13.5. The van der Waals surface area contributed by atoms with Crippen molar-refractivity contribution in [3.05, 3.63) is 41.2 Å². The summed E-state index contributed by atoms with van der Waals surface area (Å²) in [6.07, 6.45) is 2.83. The second-order valence-corrected chi connectivity index (χ2v) is 6.59. The van der Waals surface area contributed by atoms with Crippen molar-refractivity contribution in [3.8, 4) is 5.75 Å². The van der Waals surface area contributed by atoms with Crippen LogP contribution in [-0.4, -0.2) is 51.1 Å². The molecule has 0 bridgehead atoms. The highest BCUT2D eigenvalue weighted by Crippen LogP contribution is 2.35. The summed E-state index contributed by atoms with van der Waals surface area (Å²) >= 11 is 0. The summed E-state index contributed by atoms with van der Waals surface area (Å²) in [6, 6.07) is 6.34. The molecule has 0 saturated carbocycles. The standard InChI is InChI=1S/C17H20N4O3/c22-17(23)6-13-9-21(10-14(13)15-7-18-20-19-15)8-11-1-2-16-12(5-11)3-4-24-16/h1-2,5,7,13-14H,3-4,6,8-10H2,(H,22,23)(H,18,19,20). The second kappa shape index (κ2) is 6.24. The van der Waals surface area contributed by atoms with Crippen LogP contribution in [0.3, 0.4) is 0 Å². The maximum Gasteiger partial charge on any atom is 0.303 e. The van der Waals surface area contributed by atoms with Gasteiger partial charge in [0.2, 0.25) is 0 Å². The number of nitrogens with one attached hydrogen (secondary N) is 1. The van der Waals surface area contributed by atoms with Gasteiger partial charge in [0, 0.05) is 32.0 Å². The van der Waals surface area contributed by atoms with E-state index >= 15 is 0 Å². The van der Waals surface area contributed by atoms with Crippen molar-refractivity contribution in [3.63, 3.8) is 0 Å². The molecule has 0 aliphatic carbocycles. The Morgan fingerprint density at radius 2 is 2.33 bits per heavy atom. The van der Waals surface area contributed by atoms with E-state index in [2.05, 4.69) is 32.4 Å². The molecule has 2 unspecified atom stereocenters. The van der Waals surface area contributed by atoms with Crippen LogP contribution < -0.4 is 4.74 Å². The Morgan fingerprint density at radius 1 is 1.42 bits per heavy atom. The molecule has 2 aromatic rings. The third kappa shape index (κ3) is 2.99. The predicted molar refractivity (Wildman–Crippen MR) is 85.8 cm³/mol. The molecule has 1 fully saturated rings. The van der Waals surface area contributed by atoms with Crippen LogP contribution in [0.5, 0.6) is 5.75 Å². The van der Waals surface area contributed by atoms with Crippen molar-refractivity contribution in [2.24, 2.45) is 5.92 Å². The number of H-pyrrole nitrogens is 1. The van der Waals surface area contributed by atoms with E-state index < -0.39 is 5.97 Å². The number of likely N-dealkylation sites (tertiary alicyclic amines) is 1. The van der Waals surface area contributed by atoms with Gasteiger partial charge in [-0.05, 0) is 23.1 Å².